The fourth-order valence-electron chi connectivity index (χ4n) is 3.18. The lowest BCUT2D eigenvalue weighted by molar-refractivity contribution is 0.0512. The van der Waals surface area contributed by atoms with Crippen LogP contribution in [0.3, 0.4) is 0 Å². The largest absolute Gasteiger partial charge is 0.461 e. The maximum atomic E-state index is 13.5. The van der Waals surface area contributed by atoms with Crippen molar-refractivity contribution in [1.82, 2.24) is 19.9 Å². The third-order valence-electron chi connectivity index (χ3n) is 4.83. The summed E-state index contributed by atoms with van der Waals surface area (Å²) in [5.41, 5.74) is 2.07. The van der Waals surface area contributed by atoms with Crippen molar-refractivity contribution in [2.45, 2.75) is 39.5 Å². The van der Waals surface area contributed by atoms with E-state index in [1.807, 2.05) is 6.92 Å². The van der Waals surface area contributed by atoms with Crippen LogP contribution in [0.5, 0.6) is 0 Å². The second-order valence-corrected chi connectivity index (χ2v) is 7.69. The molecule has 0 radical (unpaired) electrons. The first-order valence-corrected chi connectivity index (χ1v) is 10.1. The van der Waals surface area contributed by atoms with Crippen LogP contribution in [-0.4, -0.2) is 38.3 Å². The van der Waals surface area contributed by atoms with Gasteiger partial charge in [-0.1, -0.05) is 5.16 Å². The van der Waals surface area contributed by atoms with Crippen LogP contribution < -0.4 is 0 Å². The highest BCUT2D eigenvalue weighted by Crippen LogP contribution is 2.43. The van der Waals surface area contributed by atoms with Crippen LogP contribution >= 0.6 is 15.9 Å². The number of nitrogens with zero attached hydrogens (tertiary/aromatic N) is 4. The molecule has 150 valence electrons. The average Bonchev–Trinajstić information content (AvgIpc) is 3.29. The molecule has 0 bridgehead atoms. The Morgan fingerprint density at radius 3 is 2.69 bits per heavy atom. The van der Waals surface area contributed by atoms with Gasteiger partial charge >= 0.3 is 5.97 Å². The lowest BCUT2D eigenvalue weighted by Gasteiger charge is -2.12. The van der Waals surface area contributed by atoms with E-state index in [9.17, 15) is 9.59 Å². The first-order chi connectivity index (χ1) is 13.9. The van der Waals surface area contributed by atoms with E-state index in [-0.39, 0.29) is 29.6 Å². The number of ketones is 1. The van der Waals surface area contributed by atoms with E-state index in [1.54, 1.807) is 37.0 Å². The lowest BCUT2D eigenvalue weighted by Crippen LogP contribution is -2.14. The molecule has 2 aromatic heterocycles. The van der Waals surface area contributed by atoms with E-state index >= 15 is 0 Å². The number of esters is 1. The van der Waals surface area contributed by atoms with Crippen molar-refractivity contribution in [2.75, 3.05) is 6.61 Å². The Morgan fingerprint density at radius 1 is 1.31 bits per heavy atom. The number of carbonyl (C=O) groups is 2. The molecule has 1 aliphatic rings. The molecule has 29 heavy (non-hydrogen) atoms. The van der Waals surface area contributed by atoms with Gasteiger partial charge in [-0.05, 0) is 67.2 Å². The lowest BCUT2D eigenvalue weighted by atomic mass is 9.96. The van der Waals surface area contributed by atoms with Gasteiger partial charge in [-0.3, -0.25) is 4.79 Å². The summed E-state index contributed by atoms with van der Waals surface area (Å²) in [5.74, 6) is 0.260. The predicted molar refractivity (Wildman–Crippen MR) is 106 cm³/mol. The number of aromatic nitrogens is 4. The zero-order valence-corrected chi connectivity index (χ0v) is 17.8. The fourth-order valence-corrected chi connectivity index (χ4v) is 3.70. The van der Waals surface area contributed by atoms with Gasteiger partial charge < -0.3 is 9.26 Å². The minimum Gasteiger partial charge on any atom is -0.461 e. The number of halogens is 1. The van der Waals surface area contributed by atoms with Gasteiger partial charge in [0.2, 0.25) is 5.69 Å². The van der Waals surface area contributed by atoms with Gasteiger partial charge in [0.1, 0.15) is 17.7 Å². The van der Waals surface area contributed by atoms with Crippen LogP contribution in [-0.2, 0) is 4.74 Å². The van der Waals surface area contributed by atoms with Gasteiger partial charge in [0, 0.05) is 16.0 Å². The maximum Gasteiger partial charge on any atom is 0.361 e. The third kappa shape index (κ3) is 3.50. The molecule has 8 nitrogen and oxygen atoms in total. The predicted octanol–water partition coefficient (Wildman–Crippen LogP) is 3.92. The number of aryl methyl sites for hydroxylation is 1. The molecule has 1 aromatic carbocycles. The summed E-state index contributed by atoms with van der Waals surface area (Å²) in [6, 6.07) is 3.50. The first-order valence-electron chi connectivity index (χ1n) is 9.31. The quantitative estimate of drug-likeness (QED) is 0.407. The summed E-state index contributed by atoms with van der Waals surface area (Å²) in [4.78, 5) is 29.9. The van der Waals surface area contributed by atoms with Gasteiger partial charge in [-0.25, -0.2) is 14.5 Å². The van der Waals surface area contributed by atoms with Crippen molar-refractivity contribution >= 4 is 27.7 Å². The molecule has 0 amide bonds. The van der Waals surface area contributed by atoms with Crippen LogP contribution in [0.2, 0.25) is 0 Å². The highest BCUT2D eigenvalue weighted by molar-refractivity contribution is 9.10. The Hall–Kier alpha value is -2.81. The zero-order chi connectivity index (χ0) is 20.7. The van der Waals surface area contributed by atoms with Crippen LogP contribution in [0.15, 0.2) is 27.5 Å². The van der Waals surface area contributed by atoms with Crippen LogP contribution in [0.25, 0.3) is 5.69 Å². The summed E-state index contributed by atoms with van der Waals surface area (Å²) in [6.45, 7) is 5.53. The average molecular weight is 459 g/mol. The summed E-state index contributed by atoms with van der Waals surface area (Å²) in [6.07, 6.45) is 3.43. The van der Waals surface area contributed by atoms with E-state index in [1.165, 1.54) is 0 Å². The molecule has 1 fully saturated rings. The molecular formula is C20H19BrN4O4. The van der Waals surface area contributed by atoms with E-state index in [0.29, 0.717) is 17.1 Å². The molecule has 0 atom stereocenters. The second-order valence-electron chi connectivity index (χ2n) is 6.90. The fraction of sp³-hybridized carbons (Fsp3) is 0.350. The summed E-state index contributed by atoms with van der Waals surface area (Å²) < 4.78 is 12.8. The van der Waals surface area contributed by atoms with Crippen molar-refractivity contribution in [3.63, 3.8) is 0 Å². The molecule has 4 rings (SSSR count). The monoisotopic (exact) mass is 458 g/mol. The topological polar surface area (TPSA) is 100 Å². The molecule has 0 unspecified atom stereocenters. The standard InChI is InChI=1S/C20H19BrN4O4/c1-4-28-20(27)17-15(19(29-24-17)12-5-6-12)18(26)13-7-8-14(16(21)10(13)2)25-9-22-11(3)23-25/h7-9,12H,4-6H2,1-3H3. The van der Waals surface area contributed by atoms with E-state index < -0.39 is 5.97 Å². The van der Waals surface area contributed by atoms with Gasteiger partial charge in [-0.2, -0.15) is 5.10 Å². The van der Waals surface area contributed by atoms with Crippen LogP contribution in [0.4, 0.5) is 0 Å². The number of rotatable bonds is 6. The normalized spacial score (nSPS) is 13.5. The van der Waals surface area contributed by atoms with E-state index in [0.717, 1.165) is 28.6 Å². The summed E-state index contributed by atoms with van der Waals surface area (Å²) in [7, 11) is 0. The Bertz CT molecular complexity index is 1110. The summed E-state index contributed by atoms with van der Waals surface area (Å²) >= 11 is 3.57. The highest BCUT2D eigenvalue weighted by Gasteiger charge is 2.38. The Balaban J connectivity index is 1.78. The van der Waals surface area contributed by atoms with E-state index in [2.05, 4.69) is 31.2 Å². The molecule has 0 aliphatic heterocycles. The zero-order valence-electron chi connectivity index (χ0n) is 16.2. The Labute approximate surface area is 175 Å². The minimum atomic E-state index is -0.655. The van der Waals surface area contributed by atoms with Crippen LogP contribution in [0, 0.1) is 13.8 Å². The molecule has 0 saturated heterocycles. The molecule has 3 aromatic rings. The first kappa shape index (κ1) is 19.5. The number of hydrogen-bond donors (Lipinski definition) is 0. The molecule has 1 aliphatic carbocycles. The smallest absolute Gasteiger partial charge is 0.361 e. The molecule has 0 N–H and O–H groups in total. The van der Waals surface area contributed by atoms with Gasteiger partial charge in [-0.15, -0.1) is 0 Å². The van der Waals surface area contributed by atoms with Crippen molar-refractivity contribution in [3.8, 4) is 5.69 Å². The Kier molecular flexibility index (Phi) is 5.08. The minimum absolute atomic E-state index is 0.0646. The summed E-state index contributed by atoms with van der Waals surface area (Å²) in [5, 5.41) is 8.17. The van der Waals surface area contributed by atoms with Crippen molar-refractivity contribution < 1.29 is 18.8 Å². The maximum absolute atomic E-state index is 13.5. The van der Waals surface area contributed by atoms with Crippen molar-refractivity contribution in [1.29, 1.82) is 0 Å². The molecule has 0 spiro atoms. The third-order valence-corrected chi connectivity index (χ3v) is 5.83. The van der Waals surface area contributed by atoms with Crippen molar-refractivity contribution in [3.05, 3.63) is 56.9 Å². The van der Waals surface area contributed by atoms with Crippen LogP contribution in [0.1, 0.15) is 69.2 Å². The van der Waals surface area contributed by atoms with E-state index in [4.69, 9.17) is 9.26 Å². The number of ether oxygens (including phenoxy) is 1. The SMILES string of the molecule is CCOC(=O)c1noc(C2CC2)c1C(=O)c1ccc(-n2cnc(C)n2)c(Br)c1C. The van der Waals surface area contributed by atoms with Gasteiger partial charge in [0.15, 0.2) is 11.5 Å². The number of carbonyl (C=O) groups excluding carboxylic acids is 2. The molecule has 2 heterocycles. The molecule has 1 saturated carbocycles. The van der Waals surface area contributed by atoms with Crippen molar-refractivity contribution in [2.24, 2.45) is 0 Å². The van der Waals surface area contributed by atoms with Gasteiger partial charge in [0.25, 0.3) is 0 Å². The number of benzene rings is 1. The molecule has 9 heteroatoms. The highest BCUT2D eigenvalue weighted by atomic mass is 79.9. The van der Waals surface area contributed by atoms with Gasteiger partial charge in [0.05, 0.1) is 12.3 Å². The number of hydrogen-bond acceptors (Lipinski definition) is 7. The second kappa shape index (κ2) is 7.55. The Morgan fingerprint density at radius 2 is 2.07 bits per heavy atom. The molecular weight excluding hydrogens is 440 g/mol.